The number of anilines is 1. The van der Waals surface area contributed by atoms with E-state index >= 15 is 0 Å². The summed E-state index contributed by atoms with van der Waals surface area (Å²) < 4.78 is 2.04. The molecule has 158 valence electrons. The summed E-state index contributed by atoms with van der Waals surface area (Å²) in [4.78, 5) is 7.58. The van der Waals surface area contributed by atoms with E-state index in [-0.39, 0.29) is 0 Å². The van der Waals surface area contributed by atoms with Crippen LogP contribution in [0.2, 0.25) is 5.02 Å². The highest BCUT2D eigenvalue weighted by Gasteiger charge is 2.26. The SMILES string of the molecule is Cc1nn2c(N3CC(C)CC(C)C3)cc(-c3ccccc3)nc2c1-c1ccc(Cl)cc1. The maximum Gasteiger partial charge on any atom is 0.166 e. The molecular weight excluding hydrogens is 404 g/mol. The van der Waals surface area contributed by atoms with Crippen LogP contribution in [0.15, 0.2) is 60.7 Å². The first-order valence-corrected chi connectivity index (χ1v) is 11.3. The van der Waals surface area contributed by atoms with Crippen LogP contribution in [0, 0.1) is 18.8 Å². The Morgan fingerprint density at radius 1 is 0.903 bits per heavy atom. The van der Waals surface area contributed by atoms with Crippen LogP contribution in [0.1, 0.15) is 26.0 Å². The third-order valence-electron chi connectivity index (χ3n) is 6.14. The second kappa shape index (κ2) is 8.01. The third kappa shape index (κ3) is 3.81. The Balaban J connectivity index is 1.75. The molecule has 4 aromatic rings. The molecule has 5 rings (SSSR count). The molecule has 3 heterocycles. The fraction of sp³-hybridized carbons (Fsp3) is 0.308. The van der Waals surface area contributed by atoms with Gasteiger partial charge in [-0.15, -0.1) is 0 Å². The van der Waals surface area contributed by atoms with Gasteiger partial charge in [-0.05, 0) is 42.9 Å². The largest absolute Gasteiger partial charge is 0.356 e. The molecule has 0 N–H and O–H groups in total. The van der Waals surface area contributed by atoms with Crippen LogP contribution >= 0.6 is 11.6 Å². The van der Waals surface area contributed by atoms with Gasteiger partial charge >= 0.3 is 0 Å². The fourth-order valence-electron chi connectivity index (χ4n) is 4.89. The maximum absolute atomic E-state index is 6.15. The molecule has 2 aromatic heterocycles. The van der Waals surface area contributed by atoms with Crippen LogP contribution in [0.5, 0.6) is 0 Å². The molecule has 2 unspecified atom stereocenters. The molecule has 0 radical (unpaired) electrons. The average molecular weight is 431 g/mol. The van der Waals surface area contributed by atoms with Crippen molar-refractivity contribution in [3.05, 3.63) is 71.4 Å². The van der Waals surface area contributed by atoms with Gasteiger partial charge in [-0.25, -0.2) is 4.98 Å². The van der Waals surface area contributed by atoms with Crippen molar-refractivity contribution in [1.82, 2.24) is 14.6 Å². The number of fused-ring (bicyclic) bond motifs is 1. The molecule has 1 aliphatic rings. The van der Waals surface area contributed by atoms with Crippen molar-refractivity contribution in [1.29, 1.82) is 0 Å². The highest BCUT2D eigenvalue weighted by Crippen LogP contribution is 2.35. The lowest BCUT2D eigenvalue weighted by Gasteiger charge is -2.36. The zero-order valence-electron chi connectivity index (χ0n) is 18.2. The smallest absolute Gasteiger partial charge is 0.166 e. The molecule has 0 amide bonds. The van der Waals surface area contributed by atoms with E-state index < -0.39 is 0 Å². The second-order valence-corrected chi connectivity index (χ2v) is 9.36. The van der Waals surface area contributed by atoms with Crippen molar-refractivity contribution in [2.75, 3.05) is 18.0 Å². The molecule has 2 aromatic carbocycles. The minimum Gasteiger partial charge on any atom is -0.356 e. The number of piperidine rings is 1. The second-order valence-electron chi connectivity index (χ2n) is 8.92. The number of aromatic nitrogens is 3. The zero-order chi connectivity index (χ0) is 21.5. The van der Waals surface area contributed by atoms with E-state index in [2.05, 4.69) is 56.0 Å². The average Bonchev–Trinajstić information content (AvgIpc) is 3.09. The summed E-state index contributed by atoms with van der Waals surface area (Å²) in [5.41, 5.74) is 6.10. The van der Waals surface area contributed by atoms with Crippen molar-refractivity contribution in [2.45, 2.75) is 27.2 Å². The normalized spacial score (nSPS) is 19.2. The monoisotopic (exact) mass is 430 g/mol. The molecule has 2 atom stereocenters. The number of hydrogen-bond donors (Lipinski definition) is 0. The minimum absolute atomic E-state index is 0.652. The van der Waals surface area contributed by atoms with Crippen LogP contribution in [0.3, 0.4) is 0 Å². The molecule has 31 heavy (non-hydrogen) atoms. The Labute approximate surface area is 188 Å². The lowest BCUT2D eigenvalue weighted by atomic mass is 9.92. The molecular formula is C26H27ClN4. The molecule has 1 fully saturated rings. The van der Waals surface area contributed by atoms with Gasteiger partial charge in [-0.3, -0.25) is 0 Å². The van der Waals surface area contributed by atoms with E-state index in [1.165, 1.54) is 6.42 Å². The number of halogens is 1. The summed E-state index contributed by atoms with van der Waals surface area (Å²) in [6.45, 7) is 8.81. The highest BCUT2D eigenvalue weighted by atomic mass is 35.5. The summed E-state index contributed by atoms with van der Waals surface area (Å²) in [6.07, 6.45) is 1.27. The van der Waals surface area contributed by atoms with E-state index in [0.29, 0.717) is 11.8 Å². The van der Waals surface area contributed by atoms with Crippen molar-refractivity contribution >= 4 is 23.1 Å². The quantitative estimate of drug-likeness (QED) is 0.371. The van der Waals surface area contributed by atoms with E-state index in [0.717, 1.165) is 57.7 Å². The standard InChI is InChI=1S/C26H27ClN4/c1-17-13-18(2)16-30(15-17)24-14-23(20-7-5-4-6-8-20)28-26-25(19(3)29-31(24)26)21-9-11-22(27)12-10-21/h4-12,14,17-18H,13,15-16H2,1-3H3. The lowest BCUT2D eigenvalue weighted by molar-refractivity contribution is 0.354. The van der Waals surface area contributed by atoms with Gasteiger partial charge in [0, 0.05) is 35.3 Å². The Hall–Kier alpha value is -2.85. The van der Waals surface area contributed by atoms with Crippen LogP contribution in [-0.2, 0) is 0 Å². The van der Waals surface area contributed by atoms with E-state index in [1.807, 2.05) is 34.8 Å². The Morgan fingerprint density at radius 3 is 2.26 bits per heavy atom. The molecule has 4 nitrogen and oxygen atoms in total. The van der Waals surface area contributed by atoms with E-state index in [9.17, 15) is 0 Å². The van der Waals surface area contributed by atoms with Gasteiger partial charge in [-0.2, -0.15) is 9.61 Å². The summed E-state index contributed by atoms with van der Waals surface area (Å²) in [5, 5.41) is 5.68. The molecule has 0 saturated carbocycles. The number of nitrogens with zero attached hydrogens (tertiary/aromatic N) is 4. The van der Waals surface area contributed by atoms with Crippen molar-refractivity contribution in [3.8, 4) is 22.4 Å². The zero-order valence-corrected chi connectivity index (χ0v) is 19.0. The van der Waals surface area contributed by atoms with Crippen LogP contribution in [0.25, 0.3) is 28.0 Å². The predicted molar refractivity (Wildman–Crippen MR) is 129 cm³/mol. The fourth-order valence-corrected chi connectivity index (χ4v) is 5.02. The van der Waals surface area contributed by atoms with E-state index in [1.54, 1.807) is 0 Å². The van der Waals surface area contributed by atoms with Crippen LogP contribution in [-0.4, -0.2) is 27.7 Å². The summed E-state index contributed by atoms with van der Waals surface area (Å²) in [6, 6.07) is 20.6. The maximum atomic E-state index is 6.15. The molecule has 0 aliphatic carbocycles. The number of aryl methyl sites for hydroxylation is 1. The summed E-state index contributed by atoms with van der Waals surface area (Å²) in [5.74, 6) is 2.42. The number of benzene rings is 2. The first-order chi connectivity index (χ1) is 15.0. The molecule has 1 saturated heterocycles. The lowest BCUT2D eigenvalue weighted by Crippen LogP contribution is -2.39. The molecule has 1 aliphatic heterocycles. The van der Waals surface area contributed by atoms with Crippen molar-refractivity contribution in [2.24, 2.45) is 11.8 Å². The van der Waals surface area contributed by atoms with Gasteiger partial charge in [0.15, 0.2) is 5.65 Å². The number of hydrogen-bond acceptors (Lipinski definition) is 3. The summed E-state index contributed by atoms with van der Waals surface area (Å²) in [7, 11) is 0. The van der Waals surface area contributed by atoms with Gasteiger partial charge in [0.2, 0.25) is 0 Å². The Morgan fingerprint density at radius 2 is 1.58 bits per heavy atom. The first-order valence-electron chi connectivity index (χ1n) is 11.0. The van der Waals surface area contributed by atoms with Crippen LogP contribution in [0.4, 0.5) is 5.82 Å². The van der Waals surface area contributed by atoms with Gasteiger partial charge in [0.1, 0.15) is 5.82 Å². The highest BCUT2D eigenvalue weighted by molar-refractivity contribution is 6.30. The van der Waals surface area contributed by atoms with Gasteiger partial charge in [-0.1, -0.05) is 67.9 Å². The van der Waals surface area contributed by atoms with Crippen LogP contribution < -0.4 is 4.90 Å². The van der Waals surface area contributed by atoms with Gasteiger partial charge in [0.25, 0.3) is 0 Å². The van der Waals surface area contributed by atoms with Crippen molar-refractivity contribution in [3.63, 3.8) is 0 Å². The van der Waals surface area contributed by atoms with Gasteiger partial charge < -0.3 is 4.90 Å². The Bertz CT molecular complexity index is 1200. The van der Waals surface area contributed by atoms with E-state index in [4.69, 9.17) is 21.7 Å². The summed E-state index contributed by atoms with van der Waals surface area (Å²) >= 11 is 6.15. The van der Waals surface area contributed by atoms with Gasteiger partial charge in [0.05, 0.1) is 11.4 Å². The third-order valence-corrected chi connectivity index (χ3v) is 6.39. The minimum atomic E-state index is 0.652. The Kier molecular flexibility index (Phi) is 5.19. The number of rotatable bonds is 3. The molecule has 5 heteroatoms. The molecule has 0 spiro atoms. The molecule has 0 bridgehead atoms. The topological polar surface area (TPSA) is 33.4 Å². The predicted octanol–water partition coefficient (Wildman–Crippen LogP) is 6.51. The van der Waals surface area contributed by atoms with Crippen molar-refractivity contribution < 1.29 is 0 Å². The first kappa shape index (κ1) is 20.1.